The van der Waals surface area contributed by atoms with E-state index in [9.17, 15) is 4.79 Å². The summed E-state index contributed by atoms with van der Waals surface area (Å²) >= 11 is 0. The molecule has 0 atom stereocenters. The first-order valence-corrected chi connectivity index (χ1v) is 4.14. The van der Waals surface area contributed by atoms with E-state index in [2.05, 4.69) is 15.0 Å². The molecule has 0 radical (unpaired) electrons. The van der Waals surface area contributed by atoms with Gasteiger partial charge in [0.15, 0.2) is 5.65 Å². The molecule has 0 aliphatic heterocycles. The second-order valence-corrected chi connectivity index (χ2v) is 2.77. The largest absolute Gasteiger partial charge is 0.305 e. The molecular weight excluding hydrogens is 166 g/mol. The van der Waals surface area contributed by atoms with Gasteiger partial charge in [-0.3, -0.25) is 9.78 Å². The Morgan fingerprint density at radius 3 is 2.92 bits per heavy atom. The van der Waals surface area contributed by atoms with E-state index in [1.807, 2.05) is 6.92 Å². The summed E-state index contributed by atoms with van der Waals surface area (Å²) in [5, 5.41) is 0. The SMILES string of the molecule is CCc1cc2nccnc2[nH]c1=O. The maximum atomic E-state index is 11.3. The average molecular weight is 175 g/mol. The van der Waals surface area contributed by atoms with Crippen LogP contribution in [0.1, 0.15) is 12.5 Å². The Morgan fingerprint density at radius 2 is 2.15 bits per heavy atom. The maximum absolute atomic E-state index is 11.3. The van der Waals surface area contributed by atoms with E-state index in [1.54, 1.807) is 18.5 Å². The fraction of sp³-hybridized carbons (Fsp3) is 0.222. The van der Waals surface area contributed by atoms with Gasteiger partial charge in [0.05, 0.1) is 0 Å². The van der Waals surface area contributed by atoms with E-state index in [-0.39, 0.29) is 5.56 Å². The lowest BCUT2D eigenvalue weighted by molar-refractivity contribution is 1.06. The number of aromatic amines is 1. The van der Waals surface area contributed by atoms with Crippen molar-refractivity contribution in [3.8, 4) is 0 Å². The van der Waals surface area contributed by atoms with Crippen molar-refractivity contribution in [1.29, 1.82) is 0 Å². The summed E-state index contributed by atoms with van der Waals surface area (Å²) < 4.78 is 0. The number of nitrogens with zero attached hydrogens (tertiary/aromatic N) is 2. The van der Waals surface area contributed by atoms with Crippen LogP contribution in [0.15, 0.2) is 23.3 Å². The molecule has 4 nitrogen and oxygen atoms in total. The number of hydrogen-bond acceptors (Lipinski definition) is 3. The van der Waals surface area contributed by atoms with Crippen molar-refractivity contribution in [2.75, 3.05) is 0 Å². The second-order valence-electron chi connectivity index (χ2n) is 2.77. The third kappa shape index (κ3) is 1.30. The number of aromatic nitrogens is 3. The van der Waals surface area contributed by atoms with Crippen molar-refractivity contribution in [3.05, 3.63) is 34.4 Å². The number of rotatable bonds is 1. The van der Waals surface area contributed by atoms with Crippen molar-refractivity contribution in [1.82, 2.24) is 15.0 Å². The van der Waals surface area contributed by atoms with Gasteiger partial charge >= 0.3 is 0 Å². The van der Waals surface area contributed by atoms with Gasteiger partial charge in [0, 0.05) is 18.0 Å². The Balaban J connectivity index is 2.81. The van der Waals surface area contributed by atoms with Gasteiger partial charge in [0.1, 0.15) is 5.52 Å². The molecule has 2 aromatic rings. The quantitative estimate of drug-likeness (QED) is 0.699. The number of aryl methyl sites for hydroxylation is 1. The van der Waals surface area contributed by atoms with Gasteiger partial charge in [0.25, 0.3) is 5.56 Å². The topological polar surface area (TPSA) is 58.6 Å². The fourth-order valence-corrected chi connectivity index (χ4v) is 1.23. The Bertz CT molecular complexity index is 489. The van der Waals surface area contributed by atoms with Crippen molar-refractivity contribution >= 4 is 11.2 Å². The smallest absolute Gasteiger partial charge is 0.252 e. The molecule has 0 unspecified atom stereocenters. The van der Waals surface area contributed by atoms with Gasteiger partial charge in [-0.15, -0.1) is 0 Å². The molecule has 0 bridgehead atoms. The molecule has 0 saturated heterocycles. The van der Waals surface area contributed by atoms with E-state index in [0.29, 0.717) is 12.1 Å². The van der Waals surface area contributed by atoms with Crippen LogP contribution in [-0.2, 0) is 6.42 Å². The summed E-state index contributed by atoms with van der Waals surface area (Å²) in [6.45, 7) is 1.94. The zero-order valence-corrected chi connectivity index (χ0v) is 7.24. The lowest BCUT2D eigenvalue weighted by atomic mass is 10.2. The standard InChI is InChI=1S/C9H9N3O/c1-2-6-5-7-8(12-9(6)13)11-4-3-10-7/h3-5H,2H2,1H3,(H,11,12,13). The first-order chi connectivity index (χ1) is 6.31. The van der Waals surface area contributed by atoms with Crippen LogP contribution in [-0.4, -0.2) is 15.0 Å². The zero-order valence-electron chi connectivity index (χ0n) is 7.24. The molecule has 0 saturated carbocycles. The van der Waals surface area contributed by atoms with E-state index in [1.165, 1.54) is 0 Å². The fourth-order valence-electron chi connectivity index (χ4n) is 1.23. The molecule has 2 rings (SSSR count). The first kappa shape index (κ1) is 7.91. The van der Waals surface area contributed by atoms with E-state index in [0.717, 1.165) is 11.1 Å². The zero-order chi connectivity index (χ0) is 9.26. The highest BCUT2D eigenvalue weighted by Gasteiger charge is 2.00. The molecule has 0 aliphatic rings. The number of fused-ring (bicyclic) bond motifs is 1. The molecule has 0 aliphatic carbocycles. The second kappa shape index (κ2) is 2.97. The minimum absolute atomic E-state index is 0.0736. The predicted molar refractivity (Wildman–Crippen MR) is 49.5 cm³/mol. The molecule has 0 fully saturated rings. The summed E-state index contributed by atoms with van der Waals surface area (Å²) in [5.74, 6) is 0. The average Bonchev–Trinajstić information content (AvgIpc) is 2.17. The molecule has 13 heavy (non-hydrogen) atoms. The number of pyridine rings is 1. The molecule has 2 aromatic heterocycles. The van der Waals surface area contributed by atoms with Crippen LogP contribution in [0, 0.1) is 0 Å². The lowest BCUT2D eigenvalue weighted by Gasteiger charge is -1.97. The Hall–Kier alpha value is -1.71. The molecule has 2 heterocycles. The van der Waals surface area contributed by atoms with Crippen molar-refractivity contribution in [3.63, 3.8) is 0 Å². The Kier molecular flexibility index (Phi) is 1.81. The van der Waals surface area contributed by atoms with E-state index in [4.69, 9.17) is 0 Å². The Morgan fingerprint density at radius 1 is 1.38 bits per heavy atom. The lowest BCUT2D eigenvalue weighted by Crippen LogP contribution is -2.12. The Labute approximate surface area is 74.7 Å². The summed E-state index contributed by atoms with van der Waals surface area (Å²) in [6, 6.07) is 1.78. The third-order valence-electron chi connectivity index (χ3n) is 1.94. The van der Waals surface area contributed by atoms with Gasteiger partial charge in [-0.2, -0.15) is 0 Å². The molecule has 0 amide bonds. The van der Waals surface area contributed by atoms with Crippen LogP contribution < -0.4 is 5.56 Å². The van der Waals surface area contributed by atoms with Gasteiger partial charge < -0.3 is 4.98 Å². The number of H-pyrrole nitrogens is 1. The van der Waals surface area contributed by atoms with Crippen molar-refractivity contribution in [2.24, 2.45) is 0 Å². The van der Waals surface area contributed by atoms with E-state index >= 15 is 0 Å². The highest BCUT2D eigenvalue weighted by molar-refractivity contribution is 5.69. The van der Waals surface area contributed by atoms with Crippen molar-refractivity contribution < 1.29 is 0 Å². The molecule has 1 N–H and O–H groups in total. The normalized spacial score (nSPS) is 10.5. The van der Waals surface area contributed by atoms with Gasteiger partial charge in [0.2, 0.25) is 0 Å². The van der Waals surface area contributed by atoms with Crippen LogP contribution in [0.2, 0.25) is 0 Å². The highest BCUT2D eigenvalue weighted by Crippen LogP contribution is 2.03. The van der Waals surface area contributed by atoms with Crippen LogP contribution >= 0.6 is 0 Å². The summed E-state index contributed by atoms with van der Waals surface area (Å²) in [6.07, 6.45) is 3.88. The maximum Gasteiger partial charge on any atom is 0.252 e. The van der Waals surface area contributed by atoms with Gasteiger partial charge in [-0.1, -0.05) is 6.92 Å². The molecule has 0 aromatic carbocycles. The predicted octanol–water partition coefficient (Wildman–Crippen LogP) is 0.880. The monoisotopic (exact) mass is 175 g/mol. The molecule has 0 spiro atoms. The summed E-state index contributed by atoms with van der Waals surface area (Å²) in [4.78, 5) is 22.1. The molecular formula is C9H9N3O. The summed E-state index contributed by atoms with van der Waals surface area (Å²) in [5.41, 5.74) is 1.95. The van der Waals surface area contributed by atoms with E-state index < -0.39 is 0 Å². The molecule has 66 valence electrons. The van der Waals surface area contributed by atoms with Crippen molar-refractivity contribution in [2.45, 2.75) is 13.3 Å². The third-order valence-corrected chi connectivity index (χ3v) is 1.94. The van der Waals surface area contributed by atoms with Crippen LogP contribution in [0.4, 0.5) is 0 Å². The minimum Gasteiger partial charge on any atom is -0.305 e. The highest BCUT2D eigenvalue weighted by atomic mass is 16.1. The number of hydrogen-bond donors (Lipinski definition) is 1. The van der Waals surface area contributed by atoms with Crippen LogP contribution in [0.3, 0.4) is 0 Å². The summed E-state index contributed by atoms with van der Waals surface area (Å²) in [7, 11) is 0. The minimum atomic E-state index is -0.0736. The first-order valence-electron chi connectivity index (χ1n) is 4.14. The van der Waals surface area contributed by atoms with Gasteiger partial charge in [-0.05, 0) is 12.5 Å². The van der Waals surface area contributed by atoms with Crippen LogP contribution in [0.25, 0.3) is 11.2 Å². The molecule has 4 heteroatoms. The number of nitrogens with one attached hydrogen (secondary N) is 1. The van der Waals surface area contributed by atoms with Crippen LogP contribution in [0.5, 0.6) is 0 Å². The van der Waals surface area contributed by atoms with Gasteiger partial charge in [-0.25, -0.2) is 4.98 Å².